The molecule has 3 rings (SSSR count). The van der Waals surface area contributed by atoms with Gasteiger partial charge in [-0.2, -0.15) is 0 Å². The van der Waals surface area contributed by atoms with E-state index in [0.29, 0.717) is 42.9 Å². The van der Waals surface area contributed by atoms with Gasteiger partial charge < -0.3 is 24.0 Å². The van der Waals surface area contributed by atoms with Gasteiger partial charge in [-0.3, -0.25) is 4.79 Å². The summed E-state index contributed by atoms with van der Waals surface area (Å²) in [7, 11) is 0. The molecule has 0 saturated carbocycles. The molecule has 1 unspecified atom stereocenters. The highest BCUT2D eigenvalue weighted by Gasteiger charge is 2.26. The number of hydrogen-bond acceptors (Lipinski definition) is 5. The predicted octanol–water partition coefficient (Wildman–Crippen LogP) is 3.24. The number of carboxylic acid groups (broad SMARTS) is 1. The smallest absolute Gasteiger partial charge is 0.407 e. The Kier molecular flexibility index (Phi) is 5.64. The van der Waals surface area contributed by atoms with Crippen LogP contribution in [-0.2, 0) is 16.0 Å². The van der Waals surface area contributed by atoms with Crippen LogP contribution >= 0.6 is 0 Å². The van der Waals surface area contributed by atoms with E-state index >= 15 is 0 Å². The highest BCUT2D eigenvalue weighted by Crippen LogP contribution is 2.29. The Balaban J connectivity index is 1.55. The van der Waals surface area contributed by atoms with Crippen LogP contribution in [-0.4, -0.2) is 23.7 Å². The molecule has 0 spiro atoms. The number of nitrogens with one attached hydrogen (secondary N) is 1. The average Bonchev–Trinajstić information content (AvgIpc) is 3.22. The molecule has 0 radical (unpaired) electrons. The van der Waals surface area contributed by atoms with E-state index < -0.39 is 18.2 Å². The van der Waals surface area contributed by atoms with Crippen molar-refractivity contribution in [3.8, 4) is 11.8 Å². The van der Waals surface area contributed by atoms with E-state index in [2.05, 4.69) is 17.2 Å². The van der Waals surface area contributed by atoms with Crippen LogP contribution in [0, 0.1) is 11.8 Å². The molecular weight excluding hydrogens is 338 g/mol. The summed E-state index contributed by atoms with van der Waals surface area (Å²) >= 11 is 0. The minimum Gasteiger partial charge on any atom is -0.481 e. The van der Waals surface area contributed by atoms with Gasteiger partial charge in [-0.15, -0.1) is 0 Å². The minimum absolute atomic E-state index is 0.141. The van der Waals surface area contributed by atoms with Crippen LogP contribution in [0.3, 0.4) is 0 Å². The van der Waals surface area contributed by atoms with Crippen LogP contribution in [0.1, 0.15) is 54.4 Å². The number of rotatable bonds is 7. The van der Waals surface area contributed by atoms with Crippen molar-refractivity contribution in [3.05, 3.63) is 47.3 Å². The molecule has 136 valence electrons. The molecule has 1 aliphatic carbocycles. The second-order valence-electron chi connectivity index (χ2n) is 5.95. The Morgan fingerprint density at radius 1 is 1.19 bits per heavy atom. The second kappa shape index (κ2) is 8.30. The first-order chi connectivity index (χ1) is 12.6. The number of unbranched alkanes of at least 4 members (excludes halogenated alkanes) is 2. The van der Waals surface area contributed by atoms with Gasteiger partial charge in [0.05, 0.1) is 18.1 Å². The largest absolute Gasteiger partial charge is 0.481 e. The van der Waals surface area contributed by atoms with Gasteiger partial charge in [0.1, 0.15) is 0 Å². The molecule has 1 atom stereocenters. The van der Waals surface area contributed by atoms with E-state index in [9.17, 15) is 9.59 Å². The predicted molar refractivity (Wildman–Crippen MR) is 90.4 cm³/mol. The lowest BCUT2D eigenvalue weighted by Gasteiger charge is -2.17. The van der Waals surface area contributed by atoms with E-state index in [1.165, 1.54) is 6.26 Å². The van der Waals surface area contributed by atoms with E-state index in [1.807, 2.05) is 0 Å². The molecular formula is C19H19NO6. The fraction of sp³-hybridized carbons (Fsp3) is 0.368. The third-order valence-corrected chi connectivity index (χ3v) is 4.04. The van der Waals surface area contributed by atoms with Crippen LogP contribution in [0.2, 0.25) is 0 Å². The molecule has 1 amide bonds. The number of amides is 1. The average molecular weight is 357 g/mol. The fourth-order valence-corrected chi connectivity index (χ4v) is 2.73. The van der Waals surface area contributed by atoms with Gasteiger partial charge in [0.15, 0.2) is 17.6 Å². The maximum absolute atomic E-state index is 12.1. The molecule has 7 heteroatoms. The molecule has 7 nitrogen and oxygen atoms in total. The van der Waals surface area contributed by atoms with E-state index in [1.54, 1.807) is 18.4 Å². The Labute approximate surface area is 150 Å². The van der Waals surface area contributed by atoms with Crippen molar-refractivity contribution in [1.29, 1.82) is 0 Å². The molecule has 0 bridgehead atoms. The van der Waals surface area contributed by atoms with E-state index in [4.69, 9.17) is 18.7 Å². The van der Waals surface area contributed by atoms with Gasteiger partial charge in [-0.05, 0) is 30.9 Å². The zero-order valence-corrected chi connectivity index (χ0v) is 14.1. The van der Waals surface area contributed by atoms with Gasteiger partial charge in [0.25, 0.3) is 0 Å². The maximum Gasteiger partial charge on any atom is 0.407 e. The number of ether oxygens (including phenoxy) is 1. The highest BCUT2D eigenvalue weighted by atomic mass is 16.6. The summed E-state index contributed by atoms with van der Waals surface area (Å²) in [5, 5.41) is 11.3. The number of hydrogen-bond donors (Lipinski definition) is 2. The van der Waals surface area contributed by atoms with Crippen LogP contribution in [0.4, 0.5) is 4.79 Å². The first kappa shape index (κ1) is 17.7. The lowest BCUT2D eigenvalue weighted by Crippen LogP contribution is -2.28. The molecule has 2 N–H and O–H groups in total. The summed E-state index contributed by atoms with van der Waals surface area (Å²) < 4.78 is 16.4. The summed E-state index contributed by atoms with van der Waals surface area (Å²) in [5.74, 6) is 6.18. The van der Waals surface area contributed by atoms with Crippen LogP contribution in [0.15, 0.2) is 33.5 Å². The quantitative estimate of drug-likeness (QED) is 0.583. The highest BCUT2D eigenvalue weighted by molar-refractivity contribution is 5.67. The summed E-state index contributed by atoms with van der Waals surface area (Å²) in [5.41, 5.74) is 1.52. The van der Waals surface area contributed by atoms with Crippen molar-refractivity contribution < 1.29 is 28.3 Å². The zero-order valence-electron chi connectivity index (χ0n) is 14.1. The number of carbonyl (C=O) groups is 2. The normalized spacial score (nSPS) is 14.8. The molecule has 0 aliphatic heterocycles. The zero-order chi connectivity index (χ0) is 18.4. The molecule has 0 aromatic carbocycles. The Morgan fingerprint density at radius 3 is 2.88 bits per heavy atom. The molecule has 26 heavy (non-hydrogen) atoms. The first-order valence-electron chi connectivity index (χ1n) is 8.45. The fourth-order valence-electron chi connectivity index (χ4n) is 2.73. The third-order valence-electron chi connectivity index (χ3n) is 4.04. The van der Waals surface area contributed by atoms with E-state index in [0.717, 1.165) is 12.0 Å². The van der Waals surface area contributed by atoms with Crippen molar-refractivity contribution in [1.82, 2.24) is 5.32 Å². The third kappa shape index (κ3) is 4.48. The molecule has 2 aromatic rings. The summed E-state index contributed by atoms with van der Waals surface area (Å²) in [6.45, 7) is 0.424. The Morgan fingerprint density at radius 2 is 2.04 bits per heavy atom. The monoisotopic (exact) mass is 357 g/mol. The SMILES string of the molecule is O=C(O)CCCCCNC(=O)OC1Cc2ccoc2C#Cc2ccoc21. The van der Waals surface area contributed by atoms with Gasteiger partial charge in [0.2, 0.25) is 0 Å². The maximum atomic E-state index is 12.1. The molecule has 2 aromatic heterocycles. The number of carbonyl (C=O) groups excluding carboxylic acids is 1. The Bertz CT molecular complexity index is 838. The van der Waals surface area contributed by atoms with E-state index in [-0.39, 0.29) is 6.42 Å². The topological polar surface area (TPSA) is 102 Å². The van der Waals surface area contributed by atoms with Crippen LogP contribution in [0.25, 0.3) is 0 Å². The van der Waals surface area contributed by atoms with Gasteiger partial charge in [-0.1, -0.05) is 12.3 Å². The number of furan rings is 2. The number of alkyl carbamates (subject to hydrolysis) is 1. The van der Waals surface area contributed by atoms with Crippen molar-refractivity contribution in [2.75, 3.05) is 6.54 Å². The standard InChI is InChI=1S/C19H19NO6/c21-17(22)4-2-1-3-9-20-19(23)26-16-12-14-8-10-24-15(14)6-5-13-7-11-25-18(13)16/h7-8,10-11,16H,1-4,9,12H2,(H,20,23)(H,21,22). The minimum atomic E-state index is -0.808. The molecule has 0 fully saturated rings. The second-order valence-corrected chi connectivity index (χ2v) is 5.95. The lowest BCUT2D eigenvalue weighted by molar-refractivity contribution is -0.137. The Hall–Kier alpha value is -3.14. The first-order valence-corrected chi connectivity index (χ1v) is 8.45. The number of fused-ring (bicyclic) bond motifs is 2. The molecule has 2 heterocycles. The summed E-state index contributed by atoms with van der Waals surface area (Å²) in [4.78, 5) is 22.5. The van der Waals surface area contributed by atoms with Crippen molar-refractivity contribution in [3.63, 3.8) is 0 Å². The van der Waals surface area contributed by atoms with Crippen LogP contribution in [0.5, 0.6) is 0 Å². The lowest BCUT2D eigenvalue weighted by atomic mass is 10.0. The van der Waals surface area contributed by atoms with Gasteiger partial charge >= 0.3 is 12.1 Å². The number of aliphatic carboxylic acids is 1. The van der Waals surface area contributed by atoms with Crippen molar-refractivity contribution in [2.24, 2.45) is 0 Å². The van der Waals surface area contributed by atoms with Crippen molar-refractivity contribution in [2.45, 2.75) is 38.2 Å². The van der Waals surface area contributed by atoms with Crippen LogP contribution < -0.4 is 5.32 Å². The van der Waals surface area contributed by atoms with Gasteiger partial charge in [-0.25, -0.2) is 4.79 Å². The summed E-state index contributed by atoms with van der Waals surface area (Å²) in [6.07, 6.45) is 4.49. The molecule has 0 saturated heterocycles. The molecule has 1 aliphatic rings. The number of carboxylic acids is 1. The summed E-state index contributed by atoms with van der Waals surface area (Å²) in [6, 6.07) is 3.53. The van der Waals surface area contributed by atoms with Crippen molar-refractivity contribution >= 4 is 12.1 Å². The van der Waals surface area contributed by atoms with Gasteiger partial charge in [0, 0.05) is 24.9 Å².